The Morgan fingerprint density at radius 1 is 1.60 bits per heavy atom. The first kappa shape index (κ1) is 9.19. The summed E-state index contributed by atoms with van der Waals surface area (Å²) in [5.74, 6) is 5.38. The van der Waals surface area contributed by atoms with Crippen LogP contribution in [0.1, 0.15) is 20.3 Å². The molecule has 0 aromatic carbocycles. The van der Waals surface area contributed by atoms with Gasteiger partial charge in [-0.3, -0.25) is 4.79 Å². The average Bonchev–Trinajstić information content (AvgIpc) is 1.97. The summed E-state index contributed by atoms with van der Waals surface area (Å²) in [6, 6.07) is 0. The van der Waals surface area contributed by atoms with Crippen molar-refractivity contribution in [1.82, 2.24) is 0 Å². The maximum absolute atomic E-state index is 10.7. The third kappa shape index (κ3) is 5.33. The van der Waals surface area contributed by atoms with E-state index in [-0.39, 0.29) is 12.4 Å². The SMILES string of the molecule is CC#CCC(=O)COCC. The molecule has 0 rings (SSSR count). The van der Waals surface area contributed by atoms with Crippen LogP contribution in [0.3, 0.4) is 0 Å². The molecule has 2 nitrogen and oxygen atoms in total. The van der Waals surface area contributed by atoms with Crippen LogP contribution in [-0.4, -0.2) is 19.0 Å². The van der Waals surface area contributed by atoms with Gasteiger partial charge in [-0.15, -0.1) is 5.92 Å². The molecule has 2 heteroatoms. The second kappa shape index (κ2) is 6.31. The van der Waals surface area contributed by atoms with E-state index in [1.807, 2.05) is 6.92 Å². The smallest absolute Gasteiger partial charge is 0.170 e. The van der Waals surface area contributed by atoms with Gasteiger partial charge in [0.1, 0.15) is 6.61 Å². The molecule has 0 radical (unpaired) electrons. The van der Waals surface area contributed by atoms with Gasteiger partial charge >= 0.3 is 0 Å². The van der Waals surface area contributed by atoms with E-state index in [4.69, 9.17) is 4.74 Å². The number of Topliss-reactive ketones (excluding diaryl/α,β-unsaturated/α-hetero) is 1. The van der Waals surface area contributed by atoms with Gasteiger partial charge in [0.05, 0.1) is 6.42 Å². The Kier molecular flexibility index (Phi) is 5.80. The standard InChI is InChI=1S/C8H12O2/c1-3-5-6-8(9)7-10-4-2/h4,6-7H2,1-2H3. The fourth-order valence-electron chi connectivity index (χ4n) is 0.454. The van der Waals surface area contributed by atoms with Crippen LogP contribution in [0.25, 0.3) is 0 Å². The quantitative estimate of drug-likeness (QED) is 0.545. The van der Waals surface area contributed by atoms with Crippen LogP contribution in [0.15, 0.2) is 0 Å². The summed E-state index contributed by atoms with van der Waals surface area (Å²) in [7, 11) is 0. The van der Waals surface area contributed by atoms with Crippen molar-refractivity contribution >= 4 is 5.78 Å². The highest BCUT2D eigenvalue weighted by Gasteiger charge is 1.96. The van der Waals surface area contributed by atoms with Crippen molar-refractivity contribution in [3.05, 3.63) is 0 Å². The first-order valence-corrected chi connectivity index (χ1v) is 3.30. The maximum atomic E-state index is 10.7. The van der Waals surface area contributed by atoms with Gasteiger partial charge in [0.15, 0.2) is 5.78 Å². The molecule has 0 unspecified atom stereocenters. The van der Waals surface area contributed by atoms with Crippen LogP contribution >= 0.6 is 0 Å². The zero-order valence-electron chi connectivity index (χ0n) is 6.44. The third-order valence-corrected chi connectivity index (χ3v) is 0.930. The Bertz CT molecular complexity index is 150. The molecular weight excluding hydrogens is 128 g/mol. The largest absolute Gasteiger partial charge is 0.374 e. The molecule has 0 heterocycles. The van der Waals surface area contributed by atoms with Gasteiger partial charge in [0, 0.05) is 6.61 Å². The minimum atomic E-state index is 0.0520. The molecule has 0 aromatic heterocycles. The Balaban J connectivity index is 3.31. The predicted octanol–water partition coefficient (Wildman–Crippen LogP) is 1.01. The molecule has 56 valence electrons. The molecule has 0 saturated heterocycles. The topological polar surface area (TPSA) is 26.3 Å². The number of hydrogen-bond acceptors (Lipinski definition) is 2. The zero-order valence-corrected chi connectivity index (χ0v) is 6.44. The number of carbonyl (C=O) groups excluding carboxylic acids is 1. The van der Waals surface area contributed by atoms with Gasteiger partial charge in [-0.05, 0) is 13.8 Å². The minimum absolute atomic E-state index is 0.0520. The molecule has 0 fully saturated rings. The molecule has 0 N–H and O–H groups in total. The van der Waals surface area contributed by atoms with E-state index in [1.165, 1.54) is 0 Å². The van der Waals surface area contributed by atoms with Crippen LogP contribution in [0, 0.1) is 11.8 Å². The molecule has 0 aliphatic carbocycles. The van der Waals surface area contributed by atoms with Crippen molar-refractivity contribution in [3.8, 4) is 11.8 Å². The summed E-state index contributed by atoms with van der Waals surface area (Å²) in [6.07, 6.45) is 0.316. The monoisotopic (exact) mass is 140 g/mol. The lowest BCUT2D eigenvalue weighted by Gasteiger charge is -1.94. The predicted molar refractivity (Wildman–Crippen MR) is 39.6 cm³/mol. The lowest BCUT2D eigenvalue weighted by molar-refractivity contribution is -0.122. The molecule has 0 aromatic rings. The molecule has 0 spiro atoms. The van der Waals surface area contributed by atoms with Crippen LogP contribution in [0.5, 0.6) is 0 Å². The average molecular weight is 140 g/mol. The fourth-order valence-corrected chi connectivity index (χ4v) is 0.454. The second-order valence-electron chi connectivity index (χ2n) is 1.78. The van der Waals surface area contributed by atoms with Crippen LogP contribution < -0.4 is 0 Å². The van der Waals surface area contributed by atoms with Crippen molar-refractivity contribution in [2.75, 3.05) is 13.2 Å². The number of ketones is 1. The van der Waals surface area contributed by atoms with Crippen molar-refractivity contribution in [2.24, 2.45) is 0 Å². The van der Waals surface area contributed by atoms with Crippen LogP contribution in [0.2, 0.25) is 0 Å². The van der Waals surface area contributed by atoms with Gasteiger partial charge in [-0.25, -0.2) is 0 Å². The number of rotatable bonds is 4. The molecular formula is C8H12O2. The highest BCUT2D eigenvalue weighted by molar-refractivity contribution is 5.81. The number of hydrogen-bond donors (Lipinski definition) is 0. The Morgan fingerprint density at radius 2 is 2.30 bits per heavy atom. The Labute approximate surface area is 61.6 Å². The van der Waals surface area contributed by atoms with E-state index >= 15 is 0 Å². The summed E-state index contributed by atoms with van der Waals surface area (Å²) in [5.41, 5.74) is 0. The highest BCUT2D eigenvalue weighted by atomic mass is 16.5. The molecule has 0 saturated carbocycles. The van der Waals surface area contributed by atoms with Crippen molar-refractivity contribution in [3.63, 3.8) is 0 Å². The number of ether oxygens (including phenoxy) is 1. The van der Waals surface area contributed by atoms with E-state index in [2.05, 4.69) is 11.8 Å². The Hall–Kier alpha value is -0.810. The van der Waals surface area contributed by atoms with E-state index in [0.29, 0.717) is 13.0 Å². The van der Waals surface area contributed by atoms with Crippen molar-refractivity contribution < 1.29 is 9.53 Å². The Morgan fingerprint density at radius 3 is 2.80 bits per heavy atom. The number of carbonyl (C=O) groups is 1. The normalized spacial score (nSPS) is 8.20. The maximum Gasteiger partial charge on any atom is 0.170 e. The summed E-state index contributed by atoms with van der Waals surface area (Å²) in [6.45, 7) is 4.36. The molecule has 0 aliphatic rings. The van der Waals surface area contributed by atoms with Gasteiger partial charge in [-0.1, -0.05) is 5.92 Å². The first-order valence-electron chi connectivity index (χ1n) is 3.30. The molecule has 0 aliphatic heterocycles. The lowest BCUT2D eigenvalue weighted by Crippen LogP contribution is -2.06. The lowest BCUT2D eigenvalue weighted by atomic mass is 10.3. The van der Waals surface area contributed by atoms with E-state index < -0.39 is 0 Å². The third-order valence-electron chi connectivity index (χ3n) is 0.930. The zero-order chi connectivity index (χ0) is 7.82. The summed E-state index contributed by atoms with van der Waals surface area (Å²) in [5, 5.41) is 0. The fraction of sp³-hybridized carbons (Fsp3) is 0.625. The second-order valence-corrected chi connectivity index (χ2v) is 1.78. The summed E-state index contributed by atoms with van der Waals surface area (Å²) >= 11 is 0. The minimum Gasteiger partial charge on any atom is -0.374 e. The molecule has 0 amide bonds. The van der Waals surface area contributed by atoms with Gasteiger partial charge in [-0.2, -0.15) is 0 Å². The van der Waals surface area contributed by atoms with Crippen LogP contribution in [0.4, 0.5) is 0 Å². The van der Waals surface area contributed by atoms with Gasteiger partial charge in [0.2, 0.25) is 0 Å². The molecule has 0 bridgehead atoms. The molecule has 0 atom stereocenters. The van der Waals surface area contributed by atoms with Gasteiger partial charge < -0.3 is 4.74 Å². The van der Waals surface area contributed by atoms with E-state index in [9.17, 15) is 4.79 Å². The highest BCUT2D eigenvalue weighted by Crippen LogP contribution is 1.82. The van der Waals surface area contributed by atoms with E-state index in [0.717, 1.165) is 0 Å². The van der Waals surface area contributed by atoms with Crippen LogP contribution in [-0.2, 0) is 9.53 Å². The first-order chi connectivity index (χ1) is 4.81. The molecule has 10 heavy (non-hydrogen) atoms. The van der Waals surface area contributed by atoms with Gasteiger partial charge in [0.25, 0.3) is 0 Å². The summed E-state index contributed by atoms with van der Waals surface area (Å²) in [4.78, 5) is 10.7. The van der Waals surface area contributed by atoms with E-state index in [1.54, 1.807) is 6.92 Å². The summed E-state index contributed by atoms with van der Waals surface area (Å²) < 4.78 is 4.88. The van der Waals surface area contributed by atoms with Crippen molar-refractivity contribution in [1.29, 1.82) is 0 Å². The van der Waals surface area contributed by atoms with Crippen molar-refractivity contribution in [2.45, 2.75) is 20.3 Å².